The molecule has 0 unspecified atom stereocenters. The minimum atomic E-state index is -0.0930. The molecule has 3 aromatic rings. The molecule has 2 N–H and O–H groups in total. The van der Waals surface area contributed by atoms with E-state index < -0.39 is 0 Å². The van der Waals surface area contributed by atoms with Crippen molar-refractivity contribution in [3.05, 3.63) is 76.4 Å². The number of pyridine rings is 1. The summed E-state index contributed by atoms with van der Waals surface area (Å²) in [6, 6.07) is 7.59. The minimum absolute atomic E-state index is 0.0431. The number of rotatable bonds is 5. The molecule has 2 amide bonds. The smallest absolute Gasteiger partial charge is 0.257 e. The van der Waals surface area contributed by atoms with Gasteiger partial charge in [-0.15, -0.1) is 11.8 Å². The highest BCUT2D eigenvalue weighted by Crippen LogP contribution is 2.25. The van der Waals surface area contributed by atoms with Crippen molar-refractivity contribution in [1.82, 2.24) is 25.4 Å². The van der Waals surface area contributed by atoms with E-state index in [9.17, 15) is 9.59 Å². The summed E-state index contributed by atoms with van der Waals surface area (Å²) in [6.45, 7) is 3.50. The lowest BCUT2D eigenvalue weighted by Gasteiger charge is -2.30. The van der Waals surface area contributed by atoms with Gasteiger partial charge in [-0.25, -0.2) is 0 Å². The molecule has 7 nitrogen and oxygen atoms in total. The van der Waals surface area contributed by atoms with Gasteiger partial charge in [0.15, 0.2) is 0 Å². The summed E-state index contributed by atoms with van der Waals surface area (Å²) in [5.74, 6) is -0.136. The first-order chi connectivity index (χ1) is 14.6. The van der Waals surface area contributed by atoms with Gasteiger partial charge in [-0.2, -0.15) is 5.10 Å². The number of hydrogen-bond donors (Lipinski definition) is 2. The monoisotopic (exact) mass is 421 g/mol. The molecule has 1 aromatic carbocycles. The van der Waals surface area contributed by atoms with Gasteiger partial charge in [0.1, 0.15) is 0 Å². The van der Waals surface area contributed by atoms with Crippen molar-refractivity contribution in [3.63, 3.8) is 0 Å². The molecule has 0 atom stereocenters. The maximum atomic E-state index is 12.7. The standard InChI is InChI=1S/C22H23N5O2S/c1-14-19(12-24-21(28)18-5-3-4-6-20(18)30-2)17-7-8-27(13-16(17)9-23-14)22(29)15-10-25-26-11-15/h3-6,9-11H,7-8,12-13H2,1-2H3,(H,24,28)(H,25,26). The molecule has 0 saturated carbocycles. The Morgan fingerprint density at radius 1 is 1.27 bits per heavy atom. The summed E-state index contributed by atoms with van der Waals surface area (Å²) in [5, 5.41) is 9.59. The van der Waals surface area contributed by atoms with Gasteiger partial charge in [0, 0.05) is 42.6 Å². The predicted octanol–water partition coefficient (Wildman–Crippen LogP) is 2.96. The Kier molecular flexibility index (Phi) is 5.85. The number of amides is 2. The summed E-state index contributed by atoms with van der Waals surface area (Å²) in [7, 11) is 0. The first-order valence-electron chi connectivity index (χ1n) is 9.74. The molecule has 2 aromatic heterocycles. The number of thioether (sulfide) groups is 1. The van der Waals surface area contributed by atoms with E-state index in [0.29, 0.717) is 30.8 Å². The molecule has 3 heterocycles. The molecule has 0 aliphatic carbocycles. The first-order valence-corrected chi connectivity index (χ1v) is 11.0. The fraction of sp³-hybridized carbons (Fsp3) is 0.273. The van der Waals surface area contributed by atoms with Crippen LogP contribution < -0.4 is 5.32 Å². The maximum Gasteiger partial charge on any atom is 0.257 e. The van der Waals surface area contributed by atoms with Crippen LogP contribution >= 0.6 is 11.8 Å². The molecule has 0 saturated heterocycles. The number of aromatic nitrogens is 3. The topological polar surface area (TPSA) is 91.0 Å². The van der Waals surface area contributed by atoms with Crippen molar-refractivity contribution in [1.29, 1.82) is 0 Å². The van der Waals surface area contributed by atoms with E-state index in [4.69, 9.17) is 0 Å². The highest BCUT2D eigenvalue weighted by molar-refractivity contribution is 7.98. The number of carbonyl (C=O) groups excluding carboxylic acids is 2. The highest BCUT2D eigenvalue weighted by Gasteiger charge is 2.25. The summed E-state index contributed by atoms with van der Waals surface area (Å²) in [4.78, 5) is 32.7. The SMILES string of the molecule is CSc1ccccc1C(=O)NCc1c(C)ncc2c1CCN(C(=O)c1cn[nH]c1)C2. The van der Waals surface area contributed by atoms with Crippen LogP contribution in [0.25, 0.3) is 0 Å². The van der Waals surface area contributed by atoms with Crippen LogP contribution in [-0.2, 0) is 19.5 Å². The van der Waals surface area contributed by atoms with E-state index in [1.54, 1.807) is 29.1 Å². The highest BCUT2D eigenvalue weighted by atomic mass is 32.2. The molecular weight excluding hydrogens is 398 g/mol. The van der Waals surface area contributed by atoms with E-state index in [0.717, 1.165) is 28.1 Å². The van der Waals surface area contributed by atoms with Crippen LogP contribution in [0.15, 0.2) is 47.8 Å². The van der Waals surface area contributed by atoms with Crippen LogP contribution in [0.3, 0.4) is 0 Å². The summed E-state index contributed by atoms with van der Waals surface area (Å²) in [5.41, 5.74) is 5.38. The number of aromatic amines is 1. The van der Waals surface area contributed by atoms with Crippen LogP contribution in [0.5, 0.6) is 0 Å². The molecule has 154 valence electrons. The zero-order valence-electron chi connectivity index (χ0n) is 16.9. The normalized spacial score (nSPS) is 13.1. The van der Waals surface area contributed by atoms with Gasteiger partial charge < -0.3 is 10.2 Å². The van der Waals surface area contributed by atoms with E-state index in [2.05, 4.69) is 20.5 Å². The molecule has 1 aliphatic rings. The summed E-state index contributed by atoms with van der Waals surface area (Å²) < 4.78 is 0. The Morgan fingerprint density at radius 3 is 2.87 bits per heavy atom. The number of nitrogens with zero attached hydrogens (tertiary/aromatic N) is 3. The molecule has 0 radical (unpaired) electrons. The van der Waals surface area contributed by atoms with Crippen molar-refractivity contribution in [2.75, 3.05) is 12.8 Å². The fourth-order valence-corrected chi connectivity index (χ4v) is 4.37. The van der Waals surface area contributed by atoms with Crippen LogP contribution in [0.2, 0.25) is 0 Å². The average molecular weight is 422 g/mol. The van der Waals surface area contributed by atoms with Crippen molar-refractivity contribution < 1.29 is 9.59 Å². The van der Waals surface area contributed by atoms with E-state index in [1.165, 1.54) is 5.56 Å². The Labute approximate surface area is 179 Å². The van der Waals surface area contributed by atoms with Crippen LogP contribution in [0.4, 0.5) is 0 Å². The Hall–Kier alpha value is -3.13. The molecule has 0 fully saturated rings. The lowest BCUT2D eigenvalue weighted by atomic mass is 9.94. The van der Waals surface area contributed by atoms with Gasteiger partial charge in [-0.05, 0) is 48.4 Å². The molecule has 4 rings (SSSR count). The third kappa shape index (κ3) is 3.95. The van der Waals surface area contributed by atoms with Crippen molar-refractivity contribution in [2.24, 2.45) is 0 Å². The lowest BCUT2D eigenvalue weighted by molar-refractivity contribution is 0.0734. The third-order valence-corrected chi connectivity index (χ3v) is 6.20. The summed E-state index contributed by atoms with van der Waals surface area (Å²) >= 11 is 1.56. The van der Waals surface area contributed by atoms with E-state index >= 15 is 0 Å². The predicted molar refractivity (Wildman–Crippen MR) is 115 cm³/mol. The molecule has 0 bridgehead atoms. The lowest BCUT2D eigenvalue weighted by Crippen LogP contribution is -2.37. The van der Waals surface area contributed by atoms with Crippen molar-refractivity contribution in [2.45, 2.75) is 31.3 Å². The molecule has 1 aliphatic heterocycles. The summed E-state index contributed by atoms with van der Waals surface area (Å²) in [6.07, 6.45) is 7.68. The first kappa shape index (κ1) is 20.2. The largest absolute Gasteiger partial charge is 0.348 e. The Bertz CT molecular complexity index is 1080. The van der Waals surface area contributed by atoms with Gasteiger partial charge >= 0.3 is 0 Å². The third-order valence-electron chi connectivity index (χ3n) is 5.41. The second kappa shape index (κ2) is 8.71. The quantitative estimate of drug-likeness (QED) is 0.618. The number of fused-ring (bicyclic) bond motifs is 1. The van der Waals surface area contributed by atoms with Gasteiger partial charge in [-0.1, -0.05) is 12.1 Å². The Balaban J connectivity index is 1.51. The Morgan fingerprint density at radius 2 is 2.10 bits per heavy atom. The van der Waals surface area contributed by atoms with Gasteiger partial charge in [0.25, 0.3) is 11.8 Å². The van der Waals surface area contributed by atoms with Crippen LogP contribution in [-0.4, -0.2) is 44.7 Å². The average Bonchev–Trinajstić information content (AvgIpc) is 3.32. The van der Waals surface area contributed by atoms with E-state index in [-0.39, 0.29) is 11.8 Å². The number of benzene rings is 1. The zero-order chi connectivity index (χ0) is 21.1. The number of nitrogens with one attached hydrogen (secondary N) is 2. The van der Waals surface area contributed by atoms with Gasteiger partial charge in [0.2, 0.25) is 0 Å². The molecule has 0 spiro atoms. The number of aryl methyl sites for hydroxylation is 1. The number of H-pyrrole nitrogens is 1. The zero-order valence-corrected chi connectivity index (χ0v) is 17.8. The van der Waals surface area contributed by atoms with Crippen LogP contribution in [0.1, 0.15) is 43.1 Å². The second-order valence-electron chi connectivity index (χ2n) is 7.17. The molecular formula is C22H23N5O2S. The number of hydrogen-bond acceptors (Lipinski definition) is 5. The number of carbonyl (C=O) groups is 2. The van der Waals surface area contributed by atoms with Gasteiger partial charge in [-0.3, -0.25) is 19.7 Å². The van der Waals surface area contributed by atoms with E-state index in [1.807, 2.05) is 43.6 Å². The van der Waals surface area contributed by atoms with Crippen molar-refractivity contribution >= 4 is 23.6 Å². The maximum absolute atomic E-state index is 12.7. The fourth-order valence-electron chi connectivity index (χ4n) is 3.78. The van der Waals surface area contributed by atoms with Crippen molar-refractivity contribution in [3.8, 4) is 0 Å². The van der Waals surface area contributed by atoms with Gasteiger partial charge in [0.05, 0.1) is 17.3 Å². The minimum Gasteiger partial charge on any atom is -0.348 e. The molecule has 8 heteroatoms. The second-order valence-corrected chi connectivity index (χ2v) is 8.02. The van der Waals surface area contributed by atoms with Crippen LogP contribution in [0, 0.1) is 6.92 Å². The molecule has 30 heavy (non-hydrogen) atoms.